The molecule has 104 valence electrons. The molecule has 0 N–H and O–H groups in total. The van der Waals surface area contributed by atoms with Crippen molar-refractivity contribution in [2.45, 2.75) is 0 Å². The van der Waals surface area contributed by atoms with E-state index >= 15 is 0 Å². The molecule has 0 aliphatic heterocycles. The molecular formula is C14H8Cl3FO2. The average molecular weight is 334 g/mol. The van der Waals surface area contributed by atoms with E-state index in [4.69, 9.17) is 34.8 Å². The van der Waals surface area contributed by atoms with Gasteiger partial charge in [0.25, 0.3) is 0 Å². The van der Waals surface area contributed by atoms with E-state index in [2.05, 4.69) is 0 Å². The van der Waals surface area contributed by atoms with Crippen LogP contribution < -0.4 is 0 Å². The Morgan fingerprint density at radius 1 is 0.850 bits per heavy atom. The zero-order valence-corrected chi connectivity index (χ0v) is 12.2. The summed E-state index contributed by atoms with van der Waals surface area (Å²) in [4.78, 5) is 20.4. The second kappa shape index (κ2) is 8.00. The number of halogens is 4. The third-order valence-electron chi connectivity index (χ3n) is 2.23. The Bertz CT molecular complexity index is 610. The molecule has 0 amide bonds. The molecule has 2 nitrogen and oxygen atoms in total. The van der Waals surface area contributed by atoms with Crippen LogP contribution in [0.3, 0.4) is 0 Å². The van der Waals surface area contributed by atoms with Crippen LogP contribution in [0.5, 0.6) is 0 Å². The maximum absolute atomic E-state index is 12.5. The summed E-state index contributed by atoms with van der Waals surface area (Å²) in [6, 6.07) is 9.03. The molecule has 0 unspecified atom stereocenters. The number of rotatable bonds is 2. The lowest BCUT2D eigenvalue weighted by molar-refractivity contribution is 0.111. The van der Waals surface area contributed by atoms with Gasteiger partial charge in [-0.15, -0.1) is 0 Å². The van der Waals surface area contributed by atoms with Crippen LogP contribution in [0.1, 0.15) is 20.7 Å². The Morgan fingerprint density at radius 2 is 1.45 bits per heavy atom. The van der Waals surface area contributed by atoms with Gasteiger partial charge in [0.1, 0.15) is 5.82 Å². The molecule has 0 radical (unpaired) electrons. The van der Waals surface area contributed by atoms with E-state index in [9.17, 15) is 14.0 Å². The molecule has 2 aromatic rings. The highest BCUT2D eigenvalue weighted by Crippen LogP contribution is 2.23. The monoisotopic (exact) mass is 332 g/mol. The topological polar surface area (TPSA) is 34.1 Å². The Hall–Kier alpha value is -1.42. The Balaban J connectivity index is 0.000000200. The summed E-state index contributed by atoms with van der Waals surface area (Å²) >= 11 is 16.7. The predicted molar refractivity (Wildman–Crippen MR) is 78.6 cm³/mol. The summed E-state index contributed by atoms with van der Waals surface area (Å²) in [7, 11) is 0. The number of benzene rings is 2. The maximum atomic E-state index is 12.5. The molecule has 2 aromatic carbocycles. The molecule has 2 rings (SSSR count). The fourth-order valence-corrected chi connectivity index (χ4v) is 1.79. The second-order valence-corrected chi connectivity index (χ2v) is 4.71. The normalized spacial score (nSPS) is 9.40. The number of hydrogen-bond donors (Lipinski definition) is 0. The van der Waals surface area contributed by atoms with E-state index in [1.54, 1.807) is 18.2 Å². The average Bonchev–Trinajstić information content (AvgIpc) is 2.43. The standard InChI is InChI=1S/C7H4Cl2O.C7H4ClFO/c8-6-3-1-2-5(4-10)7(6)9;8-6-2-1-3-7(9)5(6)4-10/h2*1-4H. The first kappa shape index (κ1) is 16.6. The Kier molecular flexibility index (Phi) is 6.65. The summed E-state index contributed by atoms with van der Waals surface area (Å²) in [5.74, 6) is -0.581. The Morgan fingerprint density at radius 3 is 1.90 bits per heavy atom. The van der Waals surface area contributed by atoms with Gasteiger partial charge in [-0.05, 0) is 18.2 Å². The second-order valence-electron chi connectivity index (χ2n) is 3.51. The molecule has 0 aliphatic carbocycles. The summed E-state index contributed by atoms with van der Waals surface area (Å²) in [5, 5.41) is 0.875. The molecule has 0 spiro atoms. The largest absolute Gasteiger partial charge is 0.298 e. The first-order valence-corrected chi connectivity index (χ1v) is 6.43. The highest BCUT2D eigenvalue weighted by molar-refractivity contribution is 6.43. The van der Waals surface area contributed by atoms with Crippen molar-refractivity contribution in [2.75, 3.05) is 0 Å². The fourth-order valence-electron chi connectivity index (χ4n) is 1.23. The molecule has 6 heteroatoms. The van der Waals surface area contributed by atoms with Crippen LogP contribution in [0.25, 0.3) is 0 Å². The van der Waals surface area contributed by atoms with E-state index in [0.29, 0.717) is 28.2 Å². The number of carbonyl (C=O) groups is 2. The molecular weight excluding hydrogens is 326 g/mol. The van der Waals surface area contributed by atoms with E-state index in [0.717, 1.165) is 0 Å². The van der Waals surface area contributed by atoms with Crippen LogP contribution in [0, 0.1) is 5.82 Å². The molecule has 0 heterocycles. The van der Waals surface area contributed by atoms with Gasteiger partial charge < -0.3 is 0 Å². The van der Waals surface area contributed by atoms with Crippen molar-refractivity contribution in [1.82, 2.24) is 0 Å². The molecule has 0 atom stereocenters. The molecule has 0 bridgehead atoms. The van der Waals surface area contributed by atoms with Crippen molar-refractivity contribution in [1.29, 1.82) is 0 Å². The van der Waals surface area contributed by atoms with Crippen LogP contribution >= 0.6 is 34.8 Å². The van der Waals surface area contributed by atoms with Gasteiger partial charge in [-0.2, -0.15) is 0 Å². The summed E-state index contributed by atoms with van der Waals surface area (Å²) in [6.45, 7) is 0. The van der Waals surface area contributed by atoms with E-state index in [1.807, 2.05) is 0 Å². The van der Waals surface area contributed by atoms with Crippen LogP contribution in [-0.4, -0.2) is 12.6 Å². The van der Waals surface area contributed by atoms with Gasteiger partial charge in [-0.25, -0.2) is 4.39 Å². The predicted octanol–water partition coefficient (Wildman–Crippen LogP) is 5.10. The maximum Gasteiger partial charge on any atom is 0.154 e. The van der Waals surface area contributed by atoms with Crippen molar-refractivity contribution in [3.63, 3.8) is 0 Å². The van der Waals surface area contributed by atoms with Gasteiger partial charge in [0, 0.05) is 5.56 Å². The van der Waals surface area contributed by atoms with Crippen molar-refractivity contribution in [2.24, 2.45) is 0 Å². The smallest absolute Gasteiger partial charge is 0.154 e. The highest BCUT2D eigenvalue weighted by atomic mass is 35.5. The van der Waals surface area contributed by atoms with Gasteiger partial charge in [0.2, 0.25) is 0 Å². The number of carbonyl (C=O) groups excluding carboxylic acids is 2. The van der Waals surface area contributed by atoms with E-state index in [-0.39, 0.29) is 10.6 Å². The lowest BCUT2D eigenvalue weighted by Gasteiger charge is -1.95. The van der Waals surface area contributed by atoms with Gasteiger partial charge >= 0.3 is 0 Å². The molecule has 0 saturated carbocycles. The lowest BCUT2D eigenvalue weighted by atomic mass is 10.2. The van der Waals surface area contributed by atoms with Gasteiger partial charge in [-0.1, -0.05) is 53.0 Å². The Labute approximate surface area is 130 Å². The van der Waals surface area contributed by atoms with Gasteiger partial charge in [-0.3, -0.25) is 9.59 Å². The molecule has 0 fully saturated rings. The minimum absolute atomic E-state index is 0.0795. The summed E-state index contributed by atoms with van der Waals surface area (Å²) < 4.78 is 12.5. The first-order valence-electron chi connectivity index (χ1n) is 5.29. The first-order chi connectivity index (χ1) is 9.51. The van der Waals surface area contributed by atoms with Crippen molar-refractivity contribution < 1.29 is 14.0 Å². The van der Waals surface area contributed by atoms with Crippen molar-refractivity contribution in [3.8, 4) is 0 Å². The zero-order chi connectivity index (χ0) is 15.1. The van der Waals surface area contributed by atoms with Crippen LogP contribution in [-0.2, 0) is 0 Å². The minimum atomic E-state index is -0.581. The SMILES string of the molecule is O=Cc1c(F)cccc1Cl.O=Cc1cccc(Cl)c1Cl. The minimum Gasteiger partial charge on any atom is -0.298 e. The summed E-state index contributed by atoms with van der Waals surface area (Å²) in [5.41, 5.74) is 0.346. The third kappa shape index (κ3) is 4.30. The van der Waals surface area contributed by atoms with Crippen LogP contribution in [0.15, 0.2) is 36.4 Å². The number of aldehydes is 2. The summed E-state index contributed by atoms with van der Waals surface area (Å²) in [6.07, 6.45) is 1.08. The molecule has 20 heavy (non-hydrogen) atoms. The van der Waals surface area contributed by atoms with Crippen molar-refractivity contribution >= 4 is 47.4 Å². The van der Waals surface area contributed by atoms with Crippen LogP contribution in [0.4, 0.5) is 4.39 Å². The molecule has 0 aliphatic rings. The third-order valence-corrected chi connectivity index (χ3v) is 3.39. The lowest BCUT2D eigenvalue weighted by Crippen LogP contribution is -1.86. The fraction of sp³-hybridized carbons (Fsp3) is 0. The van der Waals surface area contributed by atoms with Crippen LogP contribution in [0.2, 0.25) is 15.1 Å². The van der Waals surface area contributed by atoms with E-state index in [1.165, 1.54) is 18.2 Å². The molecule has 0 saturated heterocycles. The highest BCUT2D eigenvalue weighted by Gasteiger charge is 2.03. The molecule has 0 aromatic heterocycles. The number of hydrogen-bond acceptors (Lipinski definition) is 2. The zero-order valence-electron chi connectivity index (χ0n) is 9.95. The van der Waals surface area contributed by atoms with Gasteiger partial charge in [0.05, 0.1) is 20.6 Å². The quantitative estimate of drug-likeness (QED) is 0.717. The van der Waals surface area contributed by atoms with Crippen molar-refractivity contribution in [3.05, 3.63) is 68.4 Å². The van der Waals surface area contributed by atoms with Gasteiger partial charge in [0.15, 0.2) is 12.6 Å². The van der Waals surface area contributed by atoms with E-state index < -0.39 is 5.82 Å².